The van der Waals surface area contributed by atoms with Crippen molar-refractivity contribution in [3.63, 3.8) is 0 Å². The Balaban J connectivity index is 1.91. The molecule has 0 radical (unpaired) electrons. The number of amides is 1. The van der Waals surface area contributed by atoms with Gasteiger partial charge in [-0.25, -0.2) is 13.1 Å². The van der Waals surface area contributed by atoms with Gasteiger partial charge in [-0.15, -0.1) is 10.2 Å². The Morgan fingerprint density at radius 3 is 2.52 bits per heavy atom. The van der Waals surface area contributed by atoms with Gasteiger partial charge in [-0.3, -0.25) is 4.79 Å². The summed E-state index contributed by atoms with van der Waals surface area (Å²) in [5.41, 5.74) is 0.519. The second-order valence-corrected chi connectivity index (χ2v) is 10.6. The van der Waals surface area contributed by atoms with Crippen molar-refractivity contribution in [2.75, 3.05) is 30.9 Å². The summed E-state index contributed by atoms with van der Waals surface area (Å²) in [7, 11) is -1.94. The Morgan fingerprint density at radius 2 is 1.90 bits per heavy atom. The molecule has 1 heterocycles. The summed E-state index contributed by atoms with van der Waals surface area (Å²) in [6, 6.07) is 5.84. The van der Waals surface area contributed by atoms with Crippen molar-refractivity contribution in [2.24, 2.45) is 0 Å². The van der Waals surface area contributed by atoms with Crippen molar-refractivity contribution >= 4 is 49.8 Å². The van der Waals surface area contributed by atoms with Gasteiger partial charge in [-0.2, -0.15) is 0 Å². The molecular weight excluding hydrogens is 434 g/mol. The highest BCUT2D eigenvalue weighted by molar-refractivity contribution is 8.02. The van der Waals surface area contributed by atoms with Gasteiger partial charge in [0.25, 0.3) is 0 Å². The standard InChI is InChI=1S/C17H25N5O4S3/c1-11(2)22-29(24,25)14-7-5-13(6-8-14)19-15(23)12(3)27-17-21-20-16(28-17)18-9-10-26-4/h5-8,11-12,22H,9-10H2,1-4H3,(H,18,20)(H,19,23). The van der Waals surface area contributed by atoms with Crippen LogP contribution in [0.25, 0.3) is 0 Å². The van der Waals surface area contributed by atoms with E-state index in [0.29, 0.717) is 28.3 Å². The van der Waals surface area contributed by atoms with E-state index in [1.807, 2.05) is 0 Å². The van der Waals surface area contributed by atoms with Gasteiger partial charge in [0.1, 0.15) is 0 Å². The first kappa shape index (κ1) is 23.5. The zero-order valence-corrected chi connectivity index (χ0v) is 19.1. The number of nitrogens with zero attached hydrogens (tertiary/aromatic N) is 2. The van der Waals surface area contributed by atoms with E-state index < -0.39 is 15.3 Å². The largest absolute Gasteiger partial charge is 0.383 e. The summed E-state index contributed by atoms with van der Waals surface area (Å²) in [6.45, 7) is 6.47. The van der Waals surface area contributed by atoms with Crippen LogP contribution in [0.3, 0.4) is 0 Å². The van der Waals surface area contributed by atoms with E-state index in [1.54, 1.807) is 40.0 Å². The number of thioether (sulfide) groups is 1. The molecule has 0 aliphatic carbocycles. The number of methoxy groups -OCH3 is 1. The molecule has 1 aromatic heterocycles. The van der Waals surface area contributed by atoms with Crippen LogP contribution >= 0.6 is 23.1 Å². The van der Waals surface area contributed by atoms with E-state index in [-0.39, 0.29) is 16.8 Å². The first-order valence-electron chi connectivity index (χ1n) is 8.87. The van der Waals surface area contributed by atoms with E-state index in [2.05, 4.69) is 25.6 Å². The molecule has 3 N–H and O–H groups in total. The summed E-state index contributed by atoms with van der Waals surface area (Å²) in [6.07, 6.45) is 0. The number of hydrogen-bond acceptors (Lipinski definition) is 9. The molecule has 0 fully saturated rings. The lowest BCUT2D eigenvalue weighted by molar-refractivity contribution is -0.115. The van der Waals surface area contributed by atoms with Crippen LogP contribution in [0, 0.1) is 0 Å². The van der Waals surface area contributed by atoms with Gasteiger partial charge in [0.15, 0.2) is 4.34 Å². The fraction of sp³-hybridized carbons (Fsp3) is 0.471. The number of carbonyl (C=O) groups is 1. The maximum atomic E-state index is 12.4. The Morgan fingerprint density at radius 1 is 1.21 bits per heavy atom. The molecule has 12 heteroatoms. The Kier molecular flexibility index (Phi) is 8.83. The molecule has 2 rings (SSSR count). The topological polar surface area (TPSA) is 122 Å². The lowest BCUT2D eigenvalue weighted by atomic mass is 10.3. The zero-order chi connectivity index (χ0) is 21.4. The Hall–Kier alpha value is -1.73. The molecule has 29 heavy (non-hydrogen) atoms. The first-order chi connectivity index (χ1) is 13.7. The highest BCUT2D eigenvalue weighted by Crippen LogP contribution is 2.29. The summed E-state index contributed by atoms with van der Waals surface area (Å²) < 4.78 is 32.5. The summed E-state index contributed by atoms with van der Waals surface area (Å²) in [5.74, 6) is -0.213. The number of benzene rings is 1. The highest BCUT2D eigenvalue weighted by Gasteiger charge is 2.19. The highest BCUT2D eigenvalue weighted by atomic mass is 32.2. The first-order valence-corrected chi connectivity index (χ1v) is 12.1. The maximum absolute atomic E-state index is 12.4. The van der Waals surface area contributed by atoms with Gasteiger partial charge < -0.3 is 15.4 Å². The lowest BCUT2D eigenvalue weighted by Crippen LogP contribution is -2.30. The minimum absolute atomic E-state index is 0.147. The molecule has 0 saturated heterocycles. The molecule has 1 aromatic carbocycles. The van der Waals surface area contributed by atoms with Crippen LogP contribution in [0.15, 0.2) is 33.5 Å². The van der Waals surface area contributed by atoms with Crippen molar-refractivity contribution in [1.82, 2.24) is 14.9 Å². The molecular formula is C17H25N5O4S3. The maximum Gasteiger partial charge on any atom is 0.240 e. The van der Waals surface area contributed by atoms with Crippen LogP contribution in [0.2, 0.25) is 0 Å². The predicted octanol–water partition coefficient (Wildman–Crippen LogP) is 2.40. The molecule has 0 bridgehead atoms. The number of sulfonamides is 1. The van der Waals surface area contributed by atoms with Crippen LogP contribution in [0.1, 0.15) is 20.8 Å². The number of nitrogens with one attached hydrogen (secondary N) is 3. The van der Waals surface area contributed by atoms with Gasteiger partial charge in [0, 0.05) is 25.4 Å². The monoisotopic (exact) mass is 459 g/mol. The van der Waals surface area contributed by atoms with E-state index in [0.717, 1.165) is 0 Å². The van der Waals surface area contributed by atoms with Crippen molar-refractivity contribution < 1.29 is 17.9 Å². The third-order valence-electron chi connectivity index (χ3n) is 3.46. The molecule has 160 valence electrons. The van der Waals surface area contributed by atoms with Gasteiger partial charge in [0.2, 0.25) is 21.1 Å². The number of carbonyl (C=O) groups excluding carboxylic acids is 1. The fourth-order valence-electron chi connectivity index (χ4n) is 2.13. The predicted molar refractivity (Wildman–Crippen MR) is 116 cm³/mol. The molecule has 2 aromatic rings. The number of ether oxygens (including phenoxy) is 1. The third-order valence-corrected chi connectivity index (χ3v) is 7.20. The normalized spacial score (nSPS) is 12.7. The Bertz CT molecular complexity index is 900. The SMILES string of the molecule is COCCNc1nnc(SC(C)C(=O)Nc2ccc(S(=O)(=O)NC(C)C)cc2)s1. The quantitative estimate of drug-likeness (QED) is 0.346. The number of aromatic nitrogens is 2. The van der Waals surface area contributed by atoms with Gasteiger partial charge in [-0.1, -0.05) is 23.1 Å². The van der Waals surface area contributed by atoms with E-state index >= 15 is 0 Å². The smallest absolute Gasteiger partial charge is 0.240 e. The minimum atomic E-state index is -3.56. The molecule has 1 amide bonds. The molecule has 0 saturated carbocycles. The second-order valence-electron chi connectivity index (χ2n) is 6.34. The molecule has 1 unspecified atom stereocenters. The molecule has 9 nitrogen and oxygen atoms in total. The average molecular weight is 460 g/mol. The minimum Gasteiger partial charge on any atom is -0.383 e. The van der Waals surface area contributed by atoms with Crippen molar-refractivity contribution in [2.45, 2.75) is 41.3 Å². The number of anilines is 2. The lowest BCUT2D eigenvalue weighted by Gasteiger charge is -2.12. The van der Waals surface area contributed by atoms with Crippen LogP contribution in [-0.4, -0.2) is 56.1 Å². The number of rotatable bonds is 11. The molecule has 0 aliphatic heterocycles. The van der Waals surface area contributed by atoms with E-state index in [4.69, 9.17) is 4.74 Å². The molecule has 1 atom stereocenters. The third kappa shape index (κ3) is 7.55. The van der Waals surface area contributed by atoms with Crippen LogP contribution < -0.4 is 15.4 Å². The molecule has 0 aliphatic rings. The van der Waals surface area contributed by atoms with Crippen LogP contribution in [0.5, 0.6) is 0 Å². The molecule has 0 spiro atoms. The summed E-state index contributed by atoms with van der Waals surface area (Å²) in [4.78, 5) is 12.6. The van der Waals surface area contributed by atoms with Crippen molar-refractivity contribution in [3.05, 3.63) is 24.3 Å². The van der Waals surface area contributed by atoms with Gasteiger partial charge in [-0.05, 0) is 45.0 Å². The van der Waals surface area contributed by atoms with E-state index in [1.165, 1.54) is 35.2 Å². The van der Waals surface area contributed by atoms with Gasteiger partial charge >= 0.3 is 0 Å². The Labute approximate surface area is 179 Å². The second kappa shape index (κ2) is 10.9. The average Bonchev–Trinajstić information content (AvgIpc) is 3.08. The van der Waals surface area contributed by atoms with Crippen LogP contribution in [-0.2, 0) is 19.6 Å². The van der Waals surface area contributed by atoms with Crippen molar-refractivity contribution in [3.8, 4) is 0 Å². The summed E-state index contributed by atoms with van der Waals surface area (Å²) in [5, 5.41) is 14.2. The van der Waals surface area contributed by atoms with Gasteiger partial charge in [0.05, 0.1) is 16.8 Å². The number of hydrogen-bond donors (Lipinski definition) is 3. The summed E-state index contributed by atoms with van der Waals surface area (Å²) >= 11 is 2.67. The van der Waals surface area contributed by atoms with E-state index in [9.17, 15) is 13.2 Å². The van der Waals surface area contributed by atoms with Crippen LogP contribution in [0.4, 0.5) is 10.8 Å². The van der Waals surface area contributed by atoms with Crippen molar-refractivity contribution in [1.29, 1.82) is 0 Å². The zero-order valence-electron chi connectivity index (χ0n) is 16.6. The fourth-order valence-corrected chi connectivity index (χ4v) is 5.31.